The van der Waals surface area contributed by atoms with Crippen molar-refractivity contribution in [1.82, 2.24) is 0 Å². The first kappa shape index (κ1) is 12.3. The number of thiol groups is 1. The maximum atomic E-state index is 9.65. The summed E-state index contributed by atoms with van der Waals surface area (Å²) in [5.41, 5.74) is 0. The third-order valence-electron chi connectivity index (χ3n) is 0.730. The number of aldehydes is 1. The first-order valence-corrected chi connectivity index (χ1v) is 3.09. The molecule has 0 aliphatic heterocycles. The quantitative estimate of drug-likeness (QED) is 0.226. The molecule has 0 amide bonds. The predicted octanol–water partition coefficient (Wildman–Crippen LogP) is -1.60. The van der Waals surface area contributed by atoms with E-state index in [1.165, 1.54) is 0 Å². The monoisotopic (exact) mass is 158 g/mol. The molecule has 0 aromatic rings. The predicted molar refractivity (Wildman–Crippen MR) is 34.9 cm³/mol. The molecule has 44 valence electrons. The molecule has 1 nitrogen and oxygen atoms in total. The third-order valence-corrected chi connectivity index (χ3v) is 1.05. The van der Waals surface area contributed by atoms with Crippen LogP contribution in [0.4, 0.5) is 0 Å². The summed E-state index contributed by atoms with van der Waals surface area (Å²) in [5.74, 6) is 0.897. The fourth-order valence-electron chi connectivity index (χ4n) is 0.339. The van der Waals surface area contributed by atoms with Gasteiger partial charge in [-0.2, -0.15) is 12.6 Å². The summed E-state index contributed by atoms with van der Waals surface area (Å²) in [5, 5.41) is 0. The van der Waals surface area contributed by atoms with Crippen LogP contribution in [0.5, 0.6) is 0 Å². The van der Waals surface area contributed by atoms with E-state index >= 15 is 0 Å². The molecule has 0 N–H and O–H groups in total. The van der Waals surface area contributed by atoms with Crippen LogP contribution in [0.2, 0.25) is 0 Å². The molecule has 0 bridgehead atoms. The Kier molecular flexibility index (Phi) is 17.7. The van der Waals surface area contributed by atoms with E-state index in [1.807, 2.05) is 0 Å². The van der Waals surface area contributed by atoms with Gasteiger partial charge in [0.15, 0.2) is 0 Å². The zero-order valence-corrected chi connectivity index (χ0v) is 9.28. The molecule has 0 spiro atoms. The zero-order chi connectivity index (χ0) is 5.54. The van der Waals surface area contributed by atoms with E-state index in [0.717, 1.165) is 24.9 Å². The Morgan fingerprint density at radius 1 is 1.50 bits per heavy atom. The maximum absolute atomic E-state index is 9.65. The number of hydrogen-bond acceptors (Lipinski definition) is 2. The second-order valence-corrected chi connectivity index (χ2v) is 1.83. The van der Waals surface area contributed by atoms with Crippen molar-refractivity contribution in [2.75, 3.05) is 5.75 Å². The standard InChI is InChI=1S/C5H10OS.K.H/c6-4-2-1-3-5-7;;/h4,7H,1-3,5H2;;/q;+1;-1. The van der Waals surface area contributed by atoms with Gasteiger partial charge in [-0.15, -0.1) is 0 Å². The minimum absolute atomic E-state index is 0. The van der Waals surface area contributed by atoms with Crippen LogP contribution < -0.4 is 51.4 Å². The number of carbonyl (C=O) groups excluding carboxylic acids is 1. The zero-order valence-electron chi connectivity index (χ0n) is 6.26. The summed E-state index contributed by atoms with van der Waals surface area (Å²) in [7, 11) is 0. The van der Waals surface area contributed by atoms with E-state index in [0.29, 0.717) is 6.42 Å². The molecule has 0 saturated heterocycles. The molecule has 0 aliphatic rings. The van der Waals surface area contributed by atoms with Crippen molar-refractivity contribution < 1.29 is 57.6 Å². The summed E-state index contributed by atoms with van der Waals surface area (Å²) in [4.78, 5) is 9.65. The van der Waals surface area contributed by atoms with Crippen LogP contribution in [-0.2, 0) is 4.79 Å². The largest absolute Gasteiger partial charge is 1.00 e. The van der Waals surface area contributed by atoms with Crippen LogP contribution in [0, 0.1) is 0 Å². The Hall–Kier alpha value is 1.66. The third kappa shape index (κ3) is 10.6. The van der Waals surface area contributed by atoms with Crippen molar-refractivity contribution in [1.29, 1.82) is 0 Å². The summed E-state index contributed by atoms with van der Waals surface area (Å²) < 4.78 is 0. The van der Waals surface area contributed by atoms with Gasteiger partial charge < -0.3 is 6.22 Å². The van der Waals surface area contributed by atoms with Gasteiger partial charge in [-0.25, -0.2) is 0 Å². The summed E-state index contributed by atoms with van der Waals surface area (Å²) in [6.45, 7) is 0. The van der Waals surface area contributed by atoms with E-state index in [-0.39, 0.29) is 52.8 Å². The Bertz CT molecular complexity index is 54.2. The summed E-state index contributed by atoms with van der Waals surface area (Å²) in [6.07, 6.45) is 3.69. The average Bonchev–Trinajstić information content (AvgIpc) is 1.69. The number of unbranched alkanes of at least 4 members (excludes halogenated alkanes) is 2. The molecule has 0 aromatic carbocycles. The van der Waals surface area contributed by atoms with Gasteiger partial charge >= 0.3 is 51.4 Å². The SMILES string of the molecule is O=CCCCCS.[H-].[K+]. The summed E-state index contributed by atoms with van der Waals surface area (Å²) in [6, 6.07) is 0. The molecule has 0 aromatic heterocycles. The van der Waals surface area contributed by atoms with E-state index in [2.05, 4.69) is 12.6 Å². The van der Waals surface area contributed by atoms with Crippen molar-refractivity contribution >= 4 is 18.9 Å². The molecule has 0 atom stereocenters. The van der Waals surface area contributed by atoms with Gasteiger partial charge in [0.2, 0.25) is 0 Å². The van der Waals surface area contributed by atoms with Crippen LogP contribution in [0.15, 0.2) is 0 Å². The van der Waals surface area contributed by atoms with Crippen LogP contribution in [-0.4, -0.2) is 12.0 Å². The maximum Gasteiger partial charge on any atom is 1.00 e. The minimum Gasteiger partial charge on any atom is -1.00 e. The molecular formula is C5H11KOS. The minimum atomic E-state index is 0. The summed E-state index contributed by atoms with van der Waals surface area (Å²) >= 11 is 3.98. The molecule has 0 saturated carbocycles. The van der Waals surface area contributed by atoms with Gasteiger partial charge in [-0.3, -0.25) is 0 Å². The first-order chi connectivity index (χ1) is 3.41. The van der Waals surface area contributed by atoms with Gasteiger partial charge in [0.05, 0.1) is 0 Å². The van der Waals surface area contributed by atoms with Crippen molar-refractivity contribution in [3.63, 3.8) is 0 Å². The number of hydrogen-bond donors (Lipinski definition) is 1. The average molecular weight is 158 g/mol. The van der Waals surface area contributed by atoms with Crippen molar-refractivity contribution in [3.05, 3.63) is 0 Å². The van der Waals surface area contributed by atoms with Crippen LogP contribution >= 0.6 is 12.6 Å². The van der Waals surface area contributed by atoms with Crippen LogP contribution in [0.3, 0.4) is 0 Å². The molecule has 0 rings (SSSR count). The van der Waals surface area contributed by atoms with E-state index in [1.54, 1.807) is 0 Å². The van der Waals surface area contributed by atoms with E-state index in [4.69, 9.17) is 0 Å². The van der Waals surface area contributed by atoms with Gasteiger partial charge in [0, 0.05) is 6.42 Å². The molecule has 0 radical (unpaired) electrons. The Morgan fingerprint density at radius 2 is 2.12 bits per heavy atom. The molecule has 0 unspecified atom stereocenters. The molecule has 0 heterocycles. The first-order valence-electron chi connectivity index (χ1n) is 2.46. The second-order valence-electron chi connectivity index (χ2n) is 1.39. The van der Waals surface area contributed by atoms with Crippen LogP contribution in [0.25, 0.3) is 0 Å². The normalized spacial score (nSPS) is 7.62. The van der Waals surface area contributed by atoms with Gasteiger partial charge in [0.1, 0.15) is 6.29 Å². The van der Waals surface area contributed by atoms with Gasteiger partial charge in [-0.05, 0) is 18.6 Å². The Balaban J connectivity index is -0.000000180. The van der Waals surface area contributed by atoms with Crippen molar-refractivity contribution in [3.8, 4) is 0 Å². The number of carbonyl (C=O) groups is 1. The van der Waals surface area contributed by atoms with E-state index in [9.17, 15) is 4.79 Å². The Labute approximate surface area is 99.9 Å². The molecular weight excluding hydrogens is 147 g/mol. The van der Waals surface area contributed by atoms with Gasteiger partial charge in [-0.1, -0.05) is 0 Å². The fraction of sp³-hybridized carbons (Fsp3) is 0.800. The van der Waals surface area contributed by atoms with E-state index < -0.39 is 0 Å². The molecule has 3 heteroatoms. The fourth-order valence-corrected chi connectivity index (χ4v) is 0.563. The molecule has 0 aliphatic carbocycles. The van der Waals surface area contributed by atoms with Crippen molar-refractivity contribution in [2.24, 2.45) is 0 Å². The number of rotatable bonds is 4. The van der Waals surface area contributed by atoms with Gasteiger partial charge in [0.25, 0.3) is 0 Å². The topological polar surface area (TPSA) is 17.1 Å². The molecule has 8 heavy (non-hydrogen) atoms. The van der Waals surface area contributed by atoms with Crippen molar-refractivity contribution in [2.45, 2.75) is 19.3 Å². The smallest absolute Gasteiger partial charge is 1.00 e. The molecule has 0 fully saturated rings. The van der Waals surface area contributed by atoms with Crippen LogP contribution in [0.1, 0.15) is 20.7 Å². The Morgan fingerprint density at radius 3 is 2.50 bits per heavy atom. The second kappa shape index (κ2) is 11.5.